The molecule has 0 saturated heterocycles. The van der Waals surface area contributed by atoms with Crippen LogP contribution >= 0.6 is 22.9 Å². The fourth-order valence-corrected chi connectivity index (χ4v) is 1.57. The lowest BCUT2D eigenvalue weighted by atomic mass is 10.3. The summed E-state index contributed by atoms with van der Waals surface area (Å²) in [5.74, 6) is 0.674. The second kappa shape index (κ2) is 4.51. The van der Waals surface area contributed by atoms with Gasteiger partial charge in [-0.1, -0.05) is 11.3 Å². The highest BCUT2D eigenvalue weighted by Gasteiger charge is 2.01. The summed E-state index contributed by atoms with van der Waals surface area (Å²) < 4.78 is 0. The average Bonchev–Trinajstić information content (AvgIpc) is 2.40. The van der Waals surface area contributed by atoms with Crippen LogP contribution < -0.4 is 5.32 Å². The molecule has 0 amide bonds. The molecule has 11 heavy (non-hydrogen) atoms. The van der Waals surface area contributed by atoms with Crippen molar-refractivity contribution in [1.29, 1.82) is 0 Å². The van der Waals surface area contributed by atoms with E-state index in [1.807, 2.05) is 0 Å². The minimum absolute atomic E-state index is 0.375. The summed E-state index contributed by atoms with van der Waals surface area (Å²) in [7, 11) is 0. The van der Waals surface area contributed by atoms with Crippen molar-refractivity contribution >= 4 is 28.1 Å². The molecule has 0 aliphatic rings. The highest BCUT2D eigenvalue weighted by Crippen LogP contribution is 2.10. The predicted molar refractivity (Wildman–Crippen MR) is 48.3 cm³/mol. The number of hydrogen-bond acceptors (Lipinski definition) is 4. The molecule has 3 nitrogen and oxygen atoms in total. The fourth-order valence-electron chi connectivity index (χ4n) is 0.683. The molecule has 1 rings (SSSR count). The summed E-state index contributed by atoms with van der Waals surface area (Å²) in [6.07, 6.45) is 0.946. The number of rotatable bonds is 4. The van der Waals surface area contributed by atoms with Crippen molar-refractivity contribution in [1.82, 2.24) is 10.2 Å². The van der Waals surface area contributed by atoms with Gasteiger partial charge in [0.15, 0.2) is 0 Å². The SMILES string of the molecule is CC(CCCl)Nc1nncs1. The van der Waals surface area contributed by atoms with Gasteiger partial charge < -0.3 is 5.32 Å². The molecule has 0 radical (unpaired) electrons. The molecule has 0 saturated carbocycles. The van der Waals surface area contributed by atoms with Crippen LogP contribution in [-0.2, 0) is 0 Å². The third-order valence-corrected chi connectivity index (χ3v) is 2.11. The normalized spacial score (nSPS) is 12.9. The van der Waals surface area contributed by atoms with Gasteiger partial charge in [-0.05, 0) is 13.3 Å². The van der Waals surface area contributed by atoms with E-state index in [1.54, 1.807) is 5.51 Å². The predicted octanol–water partition coefficient (Wildman–Crippen LogP) is 1.97. The van der Waals surface area contributed by atoms with Crippen molar-refractivity contribution in [3.8, 4) is 0 Å². The van der Waals surface area contributed by atoms with Crippen LogP contribution in [0, 0.1) is 0 Å². The van der Waals surface area contributed by atoms with Crippen molar-refractivity contribution < 1.29 is 0 Å². The first-order valence-corrected chi connectivity index (χ1v) is 4.83. The number of anilines is 1. The van der Waals surface area contributed by atoms with Crippen molar-refractivity contribution in [2.45, 2.75) is 19.4 Å². The number of hydrogen-bond donors (Lipinski definition) is 1. The molecule has 1 heterocycles. The molecule has 1 aromatic heterocycles. The lowest BCUT2D eigenvalue weighted by Crippen LogP contribution is -2.15. The van der Waals surface area contributed by atoms with Gasteiger partial charge in [0.25, 0.3) is 0 Å². The van der Waals surface area contributed by atoms with Gasteiger partial charge in [0.2, 0.25) is 5.13 Å². The lowest BCUT2D eigenvalue weighted by molar-refractivity contribution is 0.765. The van der Waals surface area contributed by atoms with Crippen LogP contribution in [0.3, 0.4) is 0 Å². The Morgan fingerprint density at radius 3 is 3.18 bits per heavy atom. The van der Waals surface area contributed by atoms with E-state index in [0.717, 1.165) is 11.6 Å². The lowest BCUT2D eigenvalue weighted by Gasteiger charge is -2.09. The number of nitrogens with one attached hydrogen (secondary N) is 1. The van der Waals surface area contributed by atoms with Crippen LogP contribution in [0.25, 0.3) is 0 Å². The quantitative estimate of drug-likeness (QED) is 0.740. The van der Waals surface area contributed by atoms with Gasteiger partial charge in [-0.3, -0.25) is 0 Å². The highest BCUT2D eigenvalue weighted by atomic mass is 35.5. The molecule has 1 atom stereocenters. The van der Waals surface area contributed by atoms with E-state index in [9.17, 15) is 0 Å². The molecule has 1 unspecified atom stereocenters. The van der Waals surface area contributed by atoms with Gasteiger partial charge in [0.1, 0.15) is 5.51 Å². The number of nitrogens with zero attached hydrogens (tertiary/aromatic N) is 2. The minimum Gasteiger partial charge on any atom is -0.358 e. The van der Waals surface area contributed by atoms with E-state index in [1.165, 1.54) is 11.3 Å². The Labute approximate surface area is 74.8 Å². The number of halogens is 1. The monoisotopic (exact) mass is 191 g/mol. The largest absolute Gasteiger partial charge is 0.358 e. The van der Waals surface area contributed by atoms with E-state index >= 15 is 0 Å². The van der Waals surface area contributed by atoms with Crippen molar-refractivity contribution in [2.24, 2.45) is 0 Å². The number of alkyl halides is 1. The summed E-state index contributed by atoms with van der Waals surface area (Å²) >= 11 is 7.06. The summed E-state index contributed by atoms with van der Waals surface area (Å²) in [6.45, 7) is 2.07. The van der Waals surface area contributed by atoms with Gasteiger partial charge in [0.05, 0.1) is 0 Å². The van der Waals surface area contributed by atoms with Crippen LogP contribution in [0.5, 0.6) is 0 Å². The molecule has 0 aromatic carbocycles. The zero-order valence-electron chi connectivity index (χ0n) is 6.25. The Hall–Kier alpha value is -0.350. The molecule has 1 aromatic rings. The first kappa shape index (κ1) is 8.74. The fraction of sp³-hybridized carbons (Fsp3) is 0.667. The molecule has 1 N–H and O–H groups in total. The van der Waals surface area contributed by atoms with Crippen LogP contribution in [0.15, 0.2) is 5.51 Å². The first-order valence-electron chi connectivity index (χ1n) is 3.41. The van der Waals surface area contributed by atoms with E-state index in [2.05, 4.69) is 22.4 Å². The van der Waals surface area contributed by atoms with Gasteiger partial charge in [0, 0.05) is 11.9 Å². The zero-order valence-corrected chi connectivity index (χ0v) is 7.82. The van der Waals surface area contributed by atoms with Gasteiger partial charge in [-0.15, -0.1) is 21.8 Å². The van der Waals surface area contributed by atoms with Crippen molar-refractivity contribution in [3.63, 3.8) is 0 Å². The van der Waals surface area contributed by atoms with E-state index < -0.39 is 0 Å². The Morgan fingerprint density at radius 1 is 1.82 bits per heavy atom. The maximum absolute atomic E-state index is 5.56. The third-order valence-electron chi connectivity index (χ3n) is 1.27. The average molecular weight is 192 g/mol. The second-order valence-electron chi connectivity index (χ2n) is 2.27. The van der Waals surface area contributed by atoms with Gasteiger partial charge in [-0.25, -0.2) is 0 Å². The molecule has 0 spiro atoms. The topological polar surface area (TPSA) is 37.8 Å². The molecule has 0 bridgehead atoms. The Kier molecular flexibility index (Phi) is 3.59. The zero-order chi connectivity index (χ0) is 8.10. The van der Waals surface area contributed by atoms with Crippen LogP contribution in [0.4, 0.5) is 5.13 Å². The maximum Gasteiger partial charge on any atom is 0.205 e. The Bertz CT molecular complexity index is 190. The highest BCUT2D eigenvalue weighted by molar-refractivity contribution is 7.13. The van der Waals surface area contributed by atoms with Crippen molar-refractivity contribution in [3.05, 3.63) is 5.51 Å². The molecule has 0 fully saturated rings. The Balaban J connectivity index is 2.31. The molecule has 62 valence electrons. The second-order valence-corrected chi connectivity index (χ2v) is 3.48. The van der Waals surface area contributed by atoms with Crippen LogP contribution in [0.1, 0.15) is 13.3 Å². The van der Waals surface area contributed by atoms with E-state index in [0.29, 0.717) is 11.9 Å². The van der Waals surface area contributed by atoms with Gasteiger partial charge in [-0.2, -0.15) is 0 Å². The smallest absolute Gasteiger partial charge is 0.205 e. The molecule has 5 heteroatoms. The summed E-state index contributed by atoms with van der Waals surface area (Å²) in [5, 5.41) is 11.6. The summed E-state index contributed by atoms with van der Waals surface area (Å²) in [6, 6.07) is 0.375. The van der Waals surface area contributed by atoms with Crippen LogP contribution in [-0.4, -0.2) is 22.1 Å². The molecule has 0 aliphatic carbocycles. The molecular formula is C6H10ClN3S. The first-order chi connectivity index (χ1) is 5.33. The van der Waals surface area contributed by atoms with Gasteiger partial charge >= 0.3 is 0 Å². The molecule has 0 aliphatic heterocycles. The number of aromatic nitrogens is 2. The third kappa shape index (κ3) is 3.03. The van der Waals surface area contributed by atoms with E-state index in [-0.39, 0.29) is 0 Å². The minimum atomic E-state index is 0.375. The molecular weight excluding hydrogens is 182 g/mol. The van der Waals surface area contributed by atoms with Crippen LogP contribution in [0.2, 0.25) is 0 Å². The Morgan fingerprint density at radius 2 is 2.64 bits per heavy atom. The summed E-state index contributed by atoms with van der Waals surface area (Å²) in [4.78, 5) is 0. The van der Waals surface area contributed by atoms with E-state index in [4.69, 9.17) is 11.6 Å². The van der Waals surface area contributed by atoms with Crippen molar-refractivity contribution in [2.75, 3.05) is 11.2 Å². The standard InChI is InChI=1S/C6H10ClN3S/c1-5(2-3-7)9-6-10-8-4-11-6/h4-5H,2-3H2,1H3,(H,9,10). The summed E-state index contributed by atoms with van der Waals surface area (Å²) in [5.41, 5.74) is 1.70. The maximum atomic E-state index is 5.56.